The lowest BCUT2D eigenvalue weighted by Gasteiger charge is -2.24. The molecular formula is C14H17NO3. The largest absolute Gasteiger partial charge is 0.466 e. The highest BCUT2D eigenvalue weighted by Crippen LogP contribution is 2.45. The van der Waals surface area contributed by atoms with Crippen molar-refractivity contribution in [1.82, 2.24) is 5.32 Å². The van der Waals surface area contributed by atoms with Crippen molar-refractivity contribution in [1.29, 1.82) is 0 Å². The molecule has 1 N–H and O–H groups in total. The molecule has 1 spiro atoms. The molecule has 0 amide bonds. The summed E-state index contributed by atoms with van der Waals surface area (Å²) >= 11 is 0. The van der Waals surface area contributed by atoms with Gasteiger partial charge in [-0.3, -0.25) is 4.79 Å². The summed E-state index contributed by atoms with van der Waals surface area (Å²) in [5.41, 5.74) is 0.250. The summed E-state index contributed by atoms with van der Waals surface area (Å²) in [4.78, 5) is 22.7. The van der Waals surface area contributed by atoms with E-state index in [-0.39, 0.29) is 11.3 Å². The molecule has 0 aromatic carbocycles. The Balaban J connectivity index is 2.41. The predicted molar refractivity (Wildman–Crippen MR) is 67.7 cm³/mol. The van der Waals surface area contributed by atoms with Gasteiger partial charge in [0.05, 0.1) is 7.11 Å². The number of ether oxygens (including phenoxy) is 1. The van der Waals surface area contributed by atoms with Crippen molar-refractivity contribution in [3.8, 4) is 0 Å². The molecule has 0 atom stereocenters. The SMILES string of the molecule is COC(=O)C=C1NC(C)(C)CC12C=CC(=O)C=C2. The molecule has 1 aliphatic carbocycles. The van der Waals surface area contributed by atoms with Gasteiger partial charge in [0.2, 0.25) is 0 Å². The molecule has 4 heteroatoms. The summed E-state index contributed by atoms with van der Waals surface area (Å²) in [7, 11) is 1.35. The van der Waals surface area contributed by atoms with Crippen LogP contribution in [0.2, 0.25) is 0 Å². The number of allylic oxidation sites excluding steroid dienone is 3. The Kier molecular flexibility index (Phi) is 2.89. The molecule has 2 aliphatic rings. The van der Waals surface area contributed by atoms with Crippen molar-refractivity contribution in [3.63, 3.8) is 0 Å². The first-order chi connectivity index (χ1) is 8.37. The van der Waals surface area contributed by atoms with Crippen LogP contribution in [0.5, 0.6) is 0 Å². The molecule has 4 nitrogen and oxygen atoms in total. The highest BCUT2D eigenvalue weighted by atomic mass is 16.5. The molecule has 0 saturated carbocycles. The smallest absolute Gasteiger partial charge is 0.332 e. The van der Waals surface area contributed by atoms with Gasteiger partial charge < -0.3 is 10.1 Å². The van der Waals surface area contributed by atoms with E-state index in [9.17, 15) is 9.59 Å². The van der Waals surface area contributed by atoms with E-state index in [1.165, 1.54) is 13.2 Å². The number of hydrogen-bond acceptors (Lipinski definition) is 4. The second-order valence-corrected chi connectivity index (χ2v) is 5.38. The fourth-order valence-corrected chi connectivity index (χ4v) is 2.57. The van der Waals surface area contributed by atoms with Crippen LogP contribution in [0, 0.1) is 5.41 Å². The molecule has 1 aliphatic heterocycles. The first-order valence-corrected chi connectivity index (χ1v) is 5.88. The van der Waals surface area contributed by atoms with Crippen molar-refractivity contribution < 1.29 is 14.3 Å². The van der Waals surface area contributed by atoms with E-state index in [2.05, 4.69) is 23.9 Å². The average Bonchev–Trinajstić information content (AvgIpc) is 2.54. The van der Waals surface area contributed by atoms with E-state index < -0.39 is 11.4 Å². The van der Waals surface area contributed by atoms with Gasteiger partial charge in [-0.15, -0.1) is 0 Å². The highest BCUT2D eigenvalue weighted by molar-refractivity contribution is 6.00. The number of methoxy groups -OCH3 is 1. The van der Waals surface area contributed by atoms with Crippen LogP contribution in [0.15, 0.2) is 36.1 Å². The number of nitrogens with one attached hydrogen (secondary N) is 1. The van der Waals surface area contributed by atoms with E-state index in [1.807, 2.05) is 12.2 Å². The summed E-state index contributed by atoms with van der Waals surface area (Å²) in [6, 6.07) is 0. The zero-order chi connectivity index (χ0) is 13.4. The maximum atomic E-state index is 11.4. The van der Waals surface area contributed by atoms with Crippen molar-refractivity contribution in [3.05, 3.63) is 36.1 Å². The minimum atomic E-state index is -0.397. The fraction of sp³-hybridized carbons (Fsp3) is 0.429. The van der Waals surface area contributed by atoms with Gasteiger partial charge in [0, 0.05) is 22.7 Å². The highest BCUT2D eigenvalue weighted by Gasteiger charge is 2.44. The van der Waals surface area contributed by atoms with E-state index >= 15 is 0 Å². The monoisotopic (exact) mass is 247 g/mol. The van der Waals surface area contributed by atoms with Crippen molar-refractivity contribution in [2.75, 3.05) is 7.11 Å². The summed E-state index contributed by atoms with van der Waals surface area (Å²) in [5.74, 6) is -0.420. The van der Waals surface area contributed by atoms with Crippen LogP contribution >= 0.6 is 0 Å². The molecule has 1 saturated heterocycles. The molecule has 1 heterocycles. The van der Waals surface area contributed by atoms with Gasteiger partial charge in [-0.25, -0.2) is 4.79 Å². The van der Waals surface area contributed by atoms with Crippen LogP contribution in [0.1, 0.15) is 20.3 Å². The lowest BCUT2D eigenvalue weighted by molar-refractivity contribution is -0.134. The first-order valence-electron chi connectivity index (χ1n) is 5.88. The number of carbonyl (C=O) groups excluding carboxylic acids is 2. The van der Waals surface area contributed by atoms with Gasteiger partial charge in [-0.2, -0.15) is 0 Å². The average molecular weight is 247 g/mol. The zero-order valence-electron chi connectivity index (χ0n) is 10.8. The van der Waals surface area contributed by atoms with E-state index in [1.54, 1.807) is 12.2 Å². The van der Waals surface area contributed by atoms with Crippen LogP contribution in [0.4, 0.5) is 0 Å². The third-order valence-electron chi connectivity index (χ3n) is 3.26. The van der Waals surface area contributed by atoms with Gasteiger partial charge in [-0.05, 0) is 32.4 Å². The topological polar surface area (TPSA) is 55.4 Å². The van der Waals surface area contributed by atoms with Crippen molar-refractivity contribution in [2.24, 2.45) is 5.41 Å². The third kappa shape index (κ3) is 2.23. The van der Waals surface area contributed by atoms with E-state index in [0.29, 0.717) is 0 Å². The Morgan fingerprint density at radius 2 is 2.00 bits per heavy atom. The third-order valence-corrected chi connectivity index (χ3v) is 3.26. The normalized spacial score (nSPS) is 25.5. The minimum Gasteiger partial charge on any atom is -0.466 e. The molecule has 0 unspecified atom stereocenters. The summed E-state index contributed by atoms with van der Waals surface area (Å²) in [6.07, 6.45) is 9.06. The molecular weight excluding hydrogens is 230 g/mol. The maximum Gasteiger partial charge on any atom is 0.332 e. The van der Waals surface area contributed by atoms with E-state index in [4.69, 9.17) is 0 Å². The van der Waals surface area contributed by atoms with Crippen molar-refractivity contribution >= 4 is 11.8 Å². The number of ketones is 1. The first kappa shape index (κ1) is 12.6. The molecule has 2 rings (SSSR count). The predicted octanol–water partition coefficient (Wildman–Crippen LogP) is 1.50. The minimum absolute atomic E-state index is 0.0252. The Morgan fingerprint density at radius 3 is 2.56 bits per heavy atom. The second kappa shape index (κ2) is 4.12. The Bertz CT molecular complexity index is 467. The van der Waals surface area contributed by atoms with Crippen LogP contribution in [0.25, 0.3) is 0 Å². The number of esters is 1. The molecule has 0 aromatic heterocycles. The molecule has 0 aromatic rings. The standard InChI is InChI=1S/C14H17NO3/c1-13(2)9-14(6-4-10(16)5-7-14)11(15-13)8-12(17)18-3/h4-8,15H,9H2,1-3H3. The number of carbonyl (C=O) groups is 2. The Labute approximate surface area is 106 Å². The van der Waals surface area contributed by atoms with Gasteiger partial charge in [0.1, 0.15) is 0 Å². The lowest BCUT2D eigenvalue weighted by Crippen LogP contribution is -2.31. The molecule has 18 heavy (non-hydrogen) atoms. The zero-order valence-corrected chi connectivity index (χ0v) is 10.8. The van der Waals surface area contributed by atoms with Gasteiger partial charge in [0.25, 0.3) is 0 Å². The van der Waals surface area contributed by atoms with Crippen LogP contribution < -0.4 is 5.32 Å². The molecule has 0 radical (unpaired) electrons. The molecule has 1 fully saturated rings. The summed E-state index contributed by atoms with van der Waals surface area (Å²) < 4.78 is 4.66. The maximum absolute atomic E-state index is 11.4. The fourth-order valence-electron chi connectivity index (χ4n) is 2.57. The van der Waals surface area contributed by atoms with Crippen LogP contribution in [-0.2, 0) is 14.3 Å². The van der Waals surface area contributed by atoms with Crippen molar-refractivity contribution in [2.45, 2.75) is 25.8 Å². The number of hydrogen-bond donors (Lipinski definition) is 1. The number of rotatable bonds is 1. The van der Waals surface area contributed by atoms with Crippen LogP contribution in [-0.4, -0.2) is 24.4 Å². The Morgan fingerprint density at radius 1 is 1.39 bits per heavy atom. The van der Waals surface area contributed by atoms with Gasteiger partial charge in [0.15, 0.2) is 5.78 Å². The summed E-state index contributed by atoms with van der Waals surface area (Å²) in [5, 5.41) is 3.32. The van der Waals surface area contributed by atoms with Gasteiger partial charge >= 0.3 is 5.97 Å². The second-order valence-electron chi connectivity index (χ2n) is 5.38. The molecule has 0 bridgehead atoms. The quantitative estimate of drug-likeness (QED) is 0.563. The van der Waals surface area contributed by atoms with Gasteiger partial charge in [-0.1, -0.05) is 12.2 Å². The van der Waals surface area contributed by atoms with Crippen LogP contribution in [0.3, 0.4) is 0 Å². The lowest BCUT2D eigenvalue weighted by atomic mass is 9.77. The Hall–Kier alpha value is -1.84. The summed E-state index contributed by atoms with van der Waals surface area (Å²) in [6.45, 7) is 4.12. The molecule has 96 valence electrons. The van der Waals surface area contributed by atoms with E-state index in [0.717, 1.165) is 12.1 Å².